The van der Waals surface area contributed by atoms with Gasteiger partial charge in [-0.1, -0.05) is 0 Å². The fraction of sp³-hybridized carbons (Fsp3) is 0. The number of rotatable bonds is 0. The average Bonchev–Trinajstić information content (AvgIpc) is 1.00. The molecule has 0 aliphatic carbocycles. The quantitative estimate of drug-likeness (QED) is 0.322. The first-order chi connectivity index (χ1) is 1.00. The summed E-state index contributed by atoms with van der Waals surface area (Å²) in [5, 5.41) is 6.50. The van der Waals surface area contributed by atoms with Gasteiger partial charge in [-0.15, -0.1) is 0 Å². The number of nitriles is 1. The van der Waals surface area contributed by atoms with Crippen LogP contribution in [0, 0.1) is 11.8 Å². The number of hydrogen-bond acceptors (Lipinski definition) is 1. The second-order valence-electron chi connectivity index (χ2n) is 0. The summed E-state index contributed by atoms with van der Waals surface area (Å²) in [5.41, 5.74) is 0. The standard InChI is InChI=1S/CHN.Fe.K.H2O.H/c1-2;;;;/h1H;;;1H2;/q;;+1;;-1. The van der Waals surface area contributed by atoms with E-state index in [1.54, 1.807) is 0 Å². The van der Waals surface area contributed by atoms with E-state index in [4.69, 9.17) is 5.26 Å². The molecule has 0 atom stereocenters. The van der Waals surface area contributed by atoms with Gasteiger partial charge < -0.3 is 6.90 Å². The van der Waals surface area contributed by atoms with Crippen molar-refractivity contribution < 1.29 is 75.4 Å². The summed E-state index contributed by atoms with van der Waals surface area (Å²) in [6, 6.07) is 0. The molecule has 0 amide bonds. The summed E-state index contributed by atoms with van der Waals surface area (Å²) in [6.45, 7) is 3.50. The molecule has 0 aromatic rings. The van der Waals surface area contributed by atoms with E-state index in [0.717, 1.165) is 0 Å². The molecule has 0 aromatic heterocycles. The Kier molecular flexibility index (Phi) is 282. The molecule has 4 heteroatoms. The van der Waals surface area contributed by atoms with Crippen molar-refractivity contribution >= 4 is 0 Å². The van der Waals surface area contributed by atoms with Crippen LogP contribution in [0.1, 0.15) is 1.43 Å². The van der Waals surface area contributed by atoms with Crippen molar-refractivity contribution in [2.24, 2.45) is 0 Å². The Morgan fingerprint density at radius 3 is 1.40 bits per heavy atom. The Hall–Kier alpha value is 1.61. The van der Waals surface area contributed by atoms with Gasteiger partial charge in [0.25, 0.3) is 0 Å². The Labute approximate surface area is 85.6 Å². The normalized spacial score (nSPS) is 0.400. The van der Waals surface area contributed by atoms with Crippen LogP contribution in [0.15, 0.2) is 0 Å². The van der Waals surface area contributed by atoms with Crippen molar-refractivity contribution in [3.63, 3.8) is 0 Å². The maximum Gasteiger partial charge on any atom is 1.00 e. The first-order valence-electron chi connectivity index (χ1n) is 0.258. The van der Waals surface area contributed by atoms with Crippen LogP contribution in [-0.2, 0) is 17.1 Å². The molecule has 0 heterocycles. The zero-order valence-corrected chi connectivity index (χ0v) is 7.11. The first kappa shape index (κ1) is 30.6. The Balaban J connectivity index is -0.000000000833. The molecule has 0 aromatic carbocycles. The van der Waals surface area contributed by atoms with Crippen molar-refractivity contribution in [1.82, 2.24) is 0 Å². The van der Waals surface area contributed by atoms with Crippen molar-refractivity contribution in [1.29, 1.82) is 5.26 Å². The van der Waals surface area contributed by atoms with Crippen LogP contribution in [0.4, 0.5) is 0 Å². The van der Waals surface area contributed by atoms with Gasteiger partial charge in [0.05, 0.1) is 0 Å². The van der Waals surface area contributed by atoms with E-state index in [1.807, 2.05) is 0 Å². The van der Waals surface area contributed by atoms with Crippen LogP contribution in [-0.4, -0.2) is 5.48 Å². The summed E-state index contributed by atoms with van der Waals surface area (Å²) < 4.78 is 0. The summed E-state index contributed by atoms with van der Waals surface area (Å²) in [4.78, 5) is 0. The molecule has 0 rings (SSSR count). The van der Waals surface area contributed by atoms with E-state index in [0.29, 0.717) is 0 Å². The van der Waals surface area contributed by atoms with Crippen LogP contribution in [0.3, 0.4) is 0 Å². The SMILES string of the molecule is C#N.O.[Fe].[H-].[K+]. The average molecular weight is 141 g/mol. The molecule has 0 bridgehead atoms. The molecular formula is CH4FeKNO. The van der Waals surface area contributed by atoms with Gasteiger partial charge in [-0.3, -0.25) is 0 Å². The number of nitrogens with zero attached hydrogens (tertiary/aromatic N) is 1. The minimum Gasteiger partial charge on any atom is -1.00 e. The molecule has 0 saturated carbocycles. The van der Waals surface area contributed by atoms with E-state index >= 15 is 0 Å². The monoisotopic (exact) mass is 141 g/mol. The first-order valence-corrected chi connectivity index (χ1v) is 0.258. The van der Waals surface area contributed by atoms with Gasteiger partial charge in [0.15, 0.2) is 0 Å². The zero-order valence-electron chi connectivity index (χ0n) is 3.88. The van der Waals surface area contributed by atoms with Crippen molar-refractivity contribution in [2.75, 3.05) is 0 Å². The maximum absolute atomic E-state index is 6.50. The molecule has 0 saturated heterocycles. The smallest absolute Gasteiger partial charge is 1.00 e. The second-order valence-corrected chi connectivity index (χ2v) is 0. The van der Waals surface area contributed by atoms with Crippen LogP contribution in [0.5, 0.6) is 0 Å². The van der Waals surface area contributed by atoms with Gasteiger partial charge in [-0.05, 0) is 0 Å². The summed E-state index contributed by atoms with van der Waals surface area (Å²) >= 11 is 0. The molecule has 28 valence electrons. The van der Waals surface area contributed by atoms with Crippen LogP contribution in [0.2, 0.25) is 0 Å². The van der Waals surface area contributed by atoms with E-state index in [2.05, 4.69) is 6.57 Å². The molecule has 0 aliphatic rings. The second kappa shape index (κ2) is 46.1. The van der Waals surface area contributed by atoms with Crippen LogP contribution >= 0.6 is 0 Å². The van der Waals surface area contributed by atoms with E-state index < -0.39 is 0 Å². The number of hydrogen-bond donors (Lipinski definition) is 0. The topological polar surface area (TPSA) is 55.3 Å². The molecule has 0 fully saturated rings. The Morgan fingerprint density at radius 1 is 1.40 bits per heavy atom. The van der Waals surface area contributed by atoms with Gasteiger partial charge in [0.2, 0.25) is 0 Å². The molecule has 0 aliphatic heterocycles. The predicted molar refractivity (Wildman–Crippen MR) is 11.4 cm³/mol. The molecule has 5 heavy (non-hydrogen) atoms. The van der Waals surface area contributed by atoms with E-state index in [-0.39, 0.29) is 75.4 Å². The van der Waals surface area contributed by atoms with Gasteiger partial charge in [0.1, 0.15) is 0 Å². The van der Waals surface area contributed by atoms with Crippen molar-refractivity contribution in [3.05, 3.63) is 0 Å². The van der Waals surface area contributed by atoms with E-state index in [9.17, 15) is 0 Å². The minimum atomic E-state index is 0. The third-order valence-electron chi connectivity index (χ3n) is 0. The third-order valence-corrected chi connectivity index (χ3v) is 0. The van der Waals surface area contributed by atoms with Gasteiger partial charge >= 0.3 is 51.4 Å². The molecule has 2 N–H and O–H groups in total. The van der Waals surface area contributed by atoms with Gasteiger partial charge in [0, 0.05) is 23.6 Å². The minimum absolute atomic E-state index is 0. The molecule has 0 radical (unpaired) electrons. The van der Waals surface area contributed by atoms with Crippen LogP contribution in [0.25, 0.3) is 0 Å². The summed E-state index contributed by atoms with van der Waals surface area (Å²) in [6.07, 6.45) is 0. The summed E-state index contributed by atoms with van der Waals surface area (Å²) in [7, 11) is 0. The maximum atomic E-state index is 6.50. The Morgan fingerprint density at radius 2 is 1.40 bits per heavy atom. The molecular weight excluding hydrogens is 137 g/mol. The largest absolute Gasteiger partial charge is 1.00 e. The van der Waals surface area contributed by atoms with Crippen LogP contribution < -0.4 is 51.4 Å². The molecule has 0 spiro atoms. The fourth-order valence-electron chi connectivity index (χ4n) is 0. The van der Waals surface area contributed by atoms with Crippen molar-refractivity contribution in [2.45, 2.75) is 0 Å². The van der Waals surface area contributed by atoms with Crippen molar-refractivity contribution in [3.8, 4) is 6.57 Å². The van der Waals surface area contributed by atoms with Gasteiger partial charge in [-0.25, -0.2) is 5.26 Å². The predicted octanol–water partition coefficient (Wildman–Crippen LogP) is -3.57. The van der Waals surface area contributed by atoms with E-state index in [1.165, 1.54) is 0 Å². The fourth-order valence-corrected chi connectivity index (χ4v) is 0. The third kappa shape index (κ3) is 28.3. The molecule has 0 unspecified atom stereocenters. The zero-order chi connectivity index (χ0) is 2.00. The summed E-state index contributed by atoms with van der Waals surface area (Å²) in [5.74, 6) is 0. The Bertz CT molecular complexity index is 20.3. The molecule has 2 nitrogen and oxygen atoms in total. The van der Waals surface area contributed by atoms with Gasteiger partial charge in [-0.2, -0.15) is 0 Å².